The average Bonchev–Trinajstić information content (AvgIpc) is 2.10. The lowest BCUT2D eigenvalue weighted by Crippen LogP contribution is -2.11. The summed E-state index contributed by atoms with van der Waals surface area (Å²) >= 11 is 2.28. The van der Waals surface area contributed by atoms with E-state index in [2.05, 4.69) is 22.6 Å². The van der Waals surface area contributed by atoms with Gasteiger partial charge in [-0.3, -0.25) is 4.79 Å². The quantitative estimate of drug-likeness (QED) is 0.393. The number of hydrogen-bond acceptors (Lipinski definition) is 2. The molecule has 1 saturated heterocycles. The maximum atomic E-state index is 10.6. The third-order valence-electron chi connectivity index (χ3n) is 1.61. The summed E-state index contributed by atoms with van der Waals surface area (Å²) in [5, 5.41) is 0. The van der Waals surface area contributed by atoms with Crippen LogP contribution in [0.4, 0.5) is 0 Å². The molecule has 0 spiro atoms. The van der Waals surface area contributed by atoms with E-state index in [1.54, 1.807) is 0 Å². The summed E-state index contributed by atoms with van der Waals surface area (Å²) in [4.78, 5) is 10.6. The molecule has 1 rings (SSSR count). The second-order valence-corrected chi connectivity index (χ2v) is 3.19. The number of alkyl halides is 1. The van der Waals surface area contributed by atoms with Gasteiger partial charge < -0.3 is 4.74 Å². The van der Waals surface area contributed by atoms with Crippen LogP contribution in [0.5, 0.6) is 0 Å². The van der Waals surface area contributed by atoms with Crippen molar-refractivity contribution >= 4 is 28.6 Å². The van der Waals surface area contributed by atoms with E-state index in [-0.39, 0.29) is 12.1 Å². The van der Waals surface area contributed by atoms with Gasteiger partial charge in [0, 0.05) is 10.3 Å². The van der Waals surface area contributed by atoms with Crippen LogP contribution in [0.3, 0.4) is 0 Å². The van der Waals surface area contributed by atoms with E-state index >= 15 is 0 Å². The molecule has 3 heteroatoms. The molecule has 0 aromatic heterocycles. The normalized spacial score (nSPS) is 34.7. The molecule has 0 aromatic carbocycles. The highest BCUT2D eigenvalue weighted by Gasteiger charge is 2.29. The predicted molar refractivity (Wildman–Crippen MR) is 42.5 cm³/mol. The van der Waals surface area contributed by atoms with E-state index in [9.17, 15) is 4.79 Å². The first-order valence-electron chi connectivity index (χ1n) is 2.99. The number of esters is 1. The average molecular weight is 240 g/mol. The van der Waals surface area contributed by atoms with Crippen molar-refractivity contribution in [1.82, 2.24) is 0 Å². The first kappa shape index (κ1) is 7.31. The third-order valence-corrected chi connectivity index (χ3v) is 2.74. The molecule has 2 atom stereocenters. The minimum absolute atomic E-state index is 0.0378. The molecular weight excluding hydrogens is 231 g/mol. The molecule has 1 aliphatic heterocycles. The van der Waals surface area contributed by atoms with Crippen molar-refractivity contribution in [3.63, 3.8) is 0 Å². The largest absolute Gasteiger partial charge is 0.462 e. The van der Waals surface area contributed by atoms with Crippen molar-refractivity contribution in [3.05, 3.63) is 0 Å². The Bertz CT molecular complexity index is 124. The zero-order valence-electron chi connectivity index (χ0n) is 5.26. The summed E-state index contributed by atoms with van der Waals surface area (Å²) in [5.41, 5.74) is 0. The van der Waals surface area contributed by atoms with Crippen molar-refractivity contribution in [3.8, 4) is 0 Å². The number of halogens is 1. The number of hydrogen-bond donors (Lipinski definition) is 0. The Balaban J connectivity index is 2.47. The van der Waals surface area contributed by atoms with Crippen LogP contribution in [-0.2, 0) is 9.53 Å². The van der Waals surface area contributed by atoms with Gasteiger partial charge in [0.2, 0.25) is 0 Å². The van der Waals surface area contributed by atoms with Gasteiger partial charge in [0.05, 0.1) is 6.42 Å². The number of ether oxygens (including phenoxy) is 1. The summed E-state index contributed by atoms with van der Waals surface area (Å²) in [6.07, 6.45) is 0.763. The first-order valence-corrected chi connectivity index (χ1v) is 4.52. The summed E-state index contributed by atoms with van der Waals surface area (Å²) in [6.45, 7) is 1.95. The van der Waals surface area contributed by atoms with Gasteiger partial charge in [-0.25, -0.2) is 0 Å². The van der Waals surface area contributed by atoms with Gasteiger partial charge >= 0.3 is 5.97 Å². The molecule has 1 aliphatic rings. The molecule has 0 saturated carbocycles. The Kier molecular flexibility index (Phi) is 2.32. The van der Waals surface area contributed by atoms with Crippen molar-refractivity contribution in [2.24, 2.45) is 5.92 Å². The molecule has 1 heterocycles. The smallest absolute Gasteiger partial charge is 0.306 e. The van der Waals surface area contributed by atoms with Gasteiger partial charge in [-0.1, -0.05) is 22.6 Å². The molecule has 0 N–H and O–H groups in total. The minimum Gasteiger partial charge on any atom is -0.462 e. The lowest BCUT2D eigenvalue weighted by atomic mass is 10.1. The molecule has 9 heavy (non-hydrogen) atoms. The van der Waals surface area contributed by atoms with Crippen molar-refractivity contribution in [1.29, 1.82) is 0 Å². The van der Waals surface area contributed by atoms with Crippen LogP contribution >= 0.6 is 22.6 Å². The lowest BCUT2D eigenvalue weighted by molar-refractivity contribution is -0.140. The van der Waals surface area contributed by atoms with Crippen LogP contribution in [0.25, 0.3) is 0 Å². The topological polar surface area (TPSA) is 26.3 Å². The molecule has 1 fully saturated rings. The number of rotatable bonds is 1. The van der Waals surface area contributed by atoms with Gasteiger partial charge in [-0.15, -0.1) is 0 Å². The zero-order chi connectivity index (χ0) is 6.85. The van der Waals surface area contributed by atoms with Crippen molar-refractivity contribution < 1.29 is 9.53 Å². The Morgan fingerprint density at radius 3 is 2.78 bits per heavy atom. The monoisotopic (exact) mass is 240 g/mol. The Hall–Kier alpha value is 0.200. The van der Waals surface area contributed by atoms with Crippen LogP contribution in [0, 0.1) is 5.92 Å². The predicted octanol–water partition coefficient (Wildman–Crippen LogP) is 1.37. The van der Waals surface area contributed by atoms with Gasteiger partial charge in [0.15, 0.2) is 0 Å². The fraction of sp³-hybridized carbons (Fsp3) is 0.833. The van der Waals surface area contributed by atoms with E-state index in [1.165, 1.54) is 0 Å². The molecule has 0 aliphatic carbocycles. The molecule has 0 amide bonds. The van der Waals surface area contributed by atoms with E-state index < -0.39 is 0 Å². The van der Waals surface area contributed by atoms with E-state index in [0.29, 0.717) is 12.3 Å². The maximum absolute atomic E-state index is 10.6. The fourth-order valence-electron chi connectivity index (χ4n) is 0.912. The number of carbonyl (C=O) groups is 1. The molecule has 2 nitrogen and oxygen atoms in total. The molecular formula is C6H9IO2. The summed E-state index contributed by atoms with van der Waals surface area (Å²) in [6, 6.07) is 0. The standard InChI is InChI=1S/C6H9IO2/c1-4-5(3-7)2-6(8)9-4/h4-5H,2-3H2,1H3. The number of cyclic esters (lactones) is 1. The number of carbonyl (C=O) groups excluding carboxylic acids is 1. The highest BCUT2D eigenvalue weighted by molar-refractivity contribution is 14.1. The molecule has 0 aromatic rings. The fourth-order valence-corrected chi connectivity index (χ4v) is 1.94. The van der Waals surface area contributed by atoms with E-state index in [4.69, 9.17) is 4.74 Å². The van der Waals surface area contributed by atoms with Crippen LogP contribution in [0.15, 0.2) is 0 Å². The SMILES string of the molecule is CC1OC(=O)CC1CI. The Morgan fingerprint density at radius 2 is 2.56 bits per heavy atom. The van der Waals surface area contributed by atoms with Crippen LogP contribution in [0.1, 0.15) is 13.3 Å². The van der Waals surface area contributed by atoms with Gasteiger partial charge in [0.1, 0.15) is 6.10 Å². The van der Waals surface area contributed by atoms with Crippen LogP contribution < -0.4 is 0 Å². The van der Waals surface area contributed by atoms with E-state index in [0.717, 1.165) is 4.43 Å². The zero-order valence-corrected chi connectivity index (χ0v) is 7.42. The highest BCUT2D eigenvalue weighted by atomic mass is 127. The van der Waals surface area contributed by atoms with Gasteiger partial charge in [0.25, 0.3) is 0 Å². The molecule has 0 bridgehead atoms. The van der Waals surface area contributed by atoms with Crippen molar-refractivity contribution in [2.45, 2.75) is 19.4 Å². The molecule has 2 unspecified atom stereocenters. The summed E-state index contributed by atoms with van der Waals surface area (Å²) in [7, 11) is 0. The third kappa shape index (κ3) is 1.56. The summed E-state index contributed by atoms with van der Waals surface area (Å²) < 4.78 is 5.94. The molecule has 52 valence electrons. The molecule has 0 radical (unpaired) electrons. The van der Waals surface area contributed by atoms with Gasteiger partial charge in [-0.05, 0) is 6.92 Å². The summed E-state index contributed by atoms with van der Waals surface area (Å²) in [5.74, 6) is 0.419. The Morgan fingerprint density at radius 1 is 1.89 bits per heavy atom. The first-order chi connectivity index (χ1) is 4.24. The van der Waals surface area contributed by atoms with Crippen molar-refractivity contribution in [2.75, 3.05) is 4.43 Å². The van der Waals surface area contributed by atoms with E-state index in [1.807, 2.05) is 6.92 Å². The minimum atomic E-state index is -0.0378. The Labute approximate surface area is 68.1 Å². The maximum Gasteiger partial charge on any atom is 0.306 e. The second-order valence-electron chi connectivity index (χ2n) is 2.31. The van der Waals surface area contributed by atoms with Crippen LogP contribution in [0.2, 0.25) is 0 Å². The highest BCUT2D eigenvalue weighted by Crippen LogP contribution is 2.23. The van der Waals surface area contributed by atoms with Crippen LogP contribution in [-0.4, -0.2) is 16.5 Å². The second kappa shape index (κ2) is 2.86. The lowest BCUT2D eigenvalue weighted by Gasteiger charge is -2.06. The van der Waals surface area contributed by atoms with Gasteiger partial charge in [-0.2, -0.15) is 0 Å².